The average molecular weight is 457 g/mol. The fourth-order valence-electron chi connectivity index (χ4n) is 3.92. The zero-order chi connectivity index (χ0) is 23.4. The molecule has 1 aromatic carbocycles. The van der Waals surface area contributed by atoms with Crippen LogP contribution < -0.4 is 16.0 Å². The minimum Gasteiger partial charge on any atom is -0.444 e. The number of aromatic amines is 1. The molecule has 33 heavy (non-hydrogen) atoms. The molecule has 4 rings (SSSR count). The Labute approximate surface area is 191 Å². The van der Waals surface area contributed by atoms with Gasteiger partial charge in [-0.2, -0.15) is 20.4 Å². The molecule has 0 spiro atoms. The van der Waals surface area contributed by atoms with Gasteiger partial charge in [0.1, 0.15) is 22.9 Å². The van der Waals surface area contributed by atoms with E-state index in [1.165, 1.54) is 6.07 Å². The minimum atomic E-state index is -0.572. The van der Waals surface area contributed by atoms with Gasteiger partial charge in [-0.3, -0.25) is 0 Å². The molecule has 2 atom stereocenters. The van der Waals surface area contributed by atoms with Gasteiger partial charge in [0.25, 0.3) is 0 Å². The maximum absolute atomic E-state index is 14.6. The minimum absolute atomic E-state index is 0.0827. The van der Waals surface area contributed by atoms with E-state index in [1.807, 2.05) is 20.8 Å². The fourth-order valence-corrected chi connectivity index (χ4v) is 3.92. The van der Waals surface area contributed by atoms with E-state index < -0.39 is 17.5 Å². The maximum atomic E-state index is 14.6. The Bertz CT molecular complexity index is 1100. The summed E-state index contributed by atoms with van der Waals surface area (Å²) in [6.45, 7) is 5.82. The van der Waals surface area contributed by atoms with Gasteiger partial charge in [0.2, 0.25) is 5.95 Å². The van der Waals surface area contributed by atoms with Crippen molar-refractivity contribution in [2.75, 3.05) is 10.6 Å². The molecule has 0 unspecified atom stereocenters. The first-order valence-electron chi connectivity index (χ1n) is 11.1. The van der Waals surface area contributed by atoms with Gasteiger partial charge in [-0.15, -0.1) is 0 Å². The number of anilines is 2. The summed E-state index contributed by atoms with van der Waals surface area (Å²) in [5, 5.41) is 20.1. The molecular weight excluding hydrogens is 427 g/mol. The van der Waals surface area contributed by atoms with Gasteiger partial charge in [-0.1, -0.05) is 18.9 Å². The molecule has 0 aliphatic heterocycles. The Hall–Kier alpha value is -3.50. The van der Waals surface area contributed by atoms with Gasteiger partial charge in [0, 0.05) is 6.04 Å². The lowest BCUT2D eigenvalue weighted by molar-refractivity contribution is 0.0488. The van der Waals surface area contributed by atoms with Crippen molar-refractivity contribution in [3.05, 3.63) is 35.9 Å². The van der Waals surface area contributed by atoms with E-state index in [2.05, 4.69) is 41.3 Å². The number of amides is 1. The molecule has 2 heterocycles. The van der Waals surface area contributed by atoms with Crippen LogP contribution in [0.3, 0.4) is 0 Å². The molecule has 0 bridgehead atoms. The number of aromatic nitrogens is 5. The summed E-state index contributed by atoms with van der Waals surface area (Å²) >= 11 is 0. The van der Waals surface area contributed by atoms with Crippen LogP contribution in [0.4, 0.5) is 21.0 Å². The first-order valence-corrected chi connectivity index (χ1v) is 11.1. The average Bonchev–Trinajstić information content (AvgIpc) is 3.26. The van der Waals surface area contributed by atoms with Gasteiger partial charge in [-0.25, -0.2) is 14.2 Å². The third-order valence-electron chi connectivity index (χ3n) is 5.36. The van der Waals surface area contributed by atoms with Gasteiger partial charge in [-0.05, 0) is 45.7 Å². The van der Waals surface area contributed by atoms with Crippen LogP contribution in [-0.4, -0.2) is 49.2 Å². The van der Waals surface area contributed by atoms with Crippen molar-refractivity contribution in [1.29, 1.82) is 0 Å². The second-order valence-electron chi connectivity index (χ2n) is 9.13. The van der Waals surface area contributed by atoms with E-state index in [-0.39, 0.29) is 12.1 Å². The molecule has 0 radical (unpaired) electrons. The third-order valence-corrected chi connectivity index (χ3v) is 5.36. The number of halogens is 1. The molecule has 1 amide bonds. The number of H-pyrrole nitrogens is 1. The standard InChI is InChI=1S/C22H29FN8O2/c1-22(2,3)33-21(32)28-16-9-5-4-8-15(16)26-20-27-17-10-6-7-14(23)18(17)19(29-20)24-11-13-12-25-31-30-13/h6-7,10,12,15-16H,4-5,8-9,11H2,1-3H3,(H,28,32)(H,25,30,31)(H2,24,26,27,29)/t15-,16-/m0/s1. The lowest BCUT2D eigenvalue weighted by Crippen LogP contribution is -2.50. The number of carbonyl (C=O) groups is 1. The lowest BCUT2D eigenvalue weighted by atomic mass is 9.90. The highest BCUT2D eigenvalue weighted by Gasteiger charge is 2.29. The second-order valence-corrected chi connectivity index (χ2v) is 9.13. The van der Waals surface area contributed by atoms with E-state index in [0.717, 1.165) is 25.7 Å². The number of nitrogens with one attached hydrogen (secondary N) is 4. The van der Waals surface area contributed by atoms with Gasteiger partial charge < -0.3 is 20.7 Å². The van der Waals surface area contributed by atoms with Crippen LogP contribution in [0.25, 0.3) is 10.9 Å². The van der Waals surface area contributed by atoms with Crippen molar-refractivity contribution in [3.63, 3.8) is 0 Å². The van der Waals surface area contributed by atoms with Crippen LogP contribution in [-0.2, 0) is 11.3 Å². The van der Waals surface area contributed by atoms with Gasteiger partial charge in [0.05, 0.1) is 29.7 Å². The van der Waals surface area contributed by atoms with Crippen LogP contribution >= 0.6 is 0 Å². The molecule has 4 N–H and O–H groups in total. The van der Waals surface area contributed by atoms with Crippen molar-refractivity contribution < 1.29 is 13.9 Å². The van der Waals surface area contributed by atoms with Crippen molar-refractivity contribution in [2.45, 2.75) is 70.7 Å². The number of fused-ring (bicyclic) bond motifs is 1. The Kier molecular flexibility index (Phi) is 6.57. The molecule has 3 aromatic rings. The predicted octanol–water partition coefficient (Wildman–Crippen LogP) is 3.75. The first kappa shape index (κ1) is 22.7. The molecule has 1 aliphatic rings. The number of ether oxygens (including phenoxy) is 1. The molecule has 176 valence electrons. The number of rotatable bonds is 6. The normalized spacial score (nSPS) is 18.7. The number of nitrogens with zero attached hydrogens (tertiary/aromatic N) is 4. The Morgan fingerprint density at radius 2 is 2.00 bits per heavy atom. The van der Waals surface area contributed by atoms with Crippen molar-refractivity contribution in [3.8, 4) is 0 Å². The Morgan fingerprint density at radius 1 is 1.21 bits per heavy atom. The third kappa shape index (κ3) is 5.85. The Morgan fingerprint density at radius 3 is 2.73 bits per heavy atom. The summed E-state index contributed by atoms with van der Waals surface area (Å²) in [7, 11) is 0. The van der Waals surface area contributed by atoms with Crippen molar-refractivity contribution >= 4 is 28.8 Å². The smallest absolute Gasteiger partial charge is 0.407 e. The number of hydrogen-bond acceptors (Lipinski definition) is 8. The van der Waals surface area contributed by atoms with Gasteiger partial charge in [0.15, 0.2) is 0 Å². The molecule has 1 fully saturated rings. The molecule has 0 saturated heterocycles. The van der Waals surface area contributed by atoms with E-state index >= 15 is 0 Å². The predicted molar refractivity (Wildman–Crippen MR) is 122 cm³/mol. The van der Waals surface area contributed by atoms with E-state index in [9.17, 15) is 9.18 Å². The largest absolute Gasteiger partial charge is 0.444 e. The van der Waals surface area contributed by atoms with Crippen LogP contribution in [0.5, 0.6) is 0 Å². The fraction of sp³-hybridized carbons (Fsp3) is 0.500. The van der Waals surface area contributed by atoms with E-state index in [1.54, 1.807) is 18.3 Å². The van der Waals surface area contributed by atoms with Crippen molar-refractivity contribution in [1.82, 2.24) is 30.7 Å². The lowest BCUT2D eigenvalue weighted by Gasteiger charge is -2.33. The highest BCUT2D eigenvalue weighted by Crippen LogP contribution is 2.27. The molecule has 2 aromatic heterocycles. The van der Waals surface area contributed by atoms with Gasteiger partial charge >= 0.3 is 6.09 Å². The number of benzene rings is 1. The van der Waals surface area contributed by atoms with Crippen molar-refractivity contribution in [2.24, 2.45) is 0 Å². The van der Waals surface area contributed by atoms with Crippen LogP contribution in [0.15, 0.2) is 24.4 Å². The molecule has 11 heteroatoms. The first-order chi connectivity index (χ1) is 15.8. The zero-order valence-corrected chi connectivity index (χ0v) is 19.0. The summed E-state index contributed by atoms with van der Waals surface area (Å²) in [6, 6.07) is 4.52. The SMILES string of the molecule is CC(C)(C)OC(=O)N[C@H]1CCCC[C@@H]1Nc1nc(NCc2cn[nH]n2)c2c(F)cccc2n1. The second kappa shape index (κ2) is 9.55. The van der Waals surface area contributed by atoms with Crippen LogP contribution in [0, 0.1) is 5.82 Å². The number of hydrogen-bond donors (Lipinski definition) is 4. The summed E-state index contributed by atoms with van der Waals surface area (Å²) in [6.07, 6.45) is 4.82. The quantitative estimate of drug-likeness (QED) is 0.441. The van der Waals surface area contributed by atoms with E-state index in [4.69, 9.17) is 4.74 Å². The zero-order valence-electron chi connectivity index (χ0n) is 19.0. The molecule has 1 aliphatic carbocycles. The Balaban J connectivity index is 1.55. The molecular formula is C22H29FN8O2. The van der Waals surface area contributed by atoms with E-state index in [0.29, 0.717) is 34.9 Å². The highest BCUT2D eigenvalue weighted by molar-refractivity contribution is 5.90. The summed E-state index contributed by atoms with van der Waals surface area (Å²) in [4.78, 5) is 21.4. The summed E-state index contributed by atoms with van der Waals surface area (Å²) in [5.74, 6) is 0.304. The van der Waals surface area contributed by atoms with Crippen LogP contribution in [0.2, 0.25) is 0 Å². The highest BCUT2D eigenvalue weighted by atomic mass is 19.1. The summed E-state index contributed by atoms with van der Waals surface area (Å²) < 4.78 is 20.0. The molecule has 10 nitrogen and oxygen atoms in total. The number of alkyl carbamates (subject to hydrolysis) is 1. The summed E-state index contributed by atoms with van der Waals surface area (Å²) in [5.41, 5.74) is 0.571. The topological polar surface area (TPSA) is 130 Å². The molecule has 1 saturated carbocycles. The maximum Gasteiger partial charge on any atom is 0.407 e. The van der Waals surface area contributed by atoms with Crippen LogP contribution in [0.1, 0.15) is 52.1 Å². The number of carbonyl (C=O) groups excluding carboxylic acids is 1. The monoisotopic (exact) mass is 456 g/mol.